The SMILES string of the molecule is CCOC(=O)C1(C(=O)OCC)Oc2ccc(C=O)cc2O1. The molecule has 0 amide bonds. The third-order valence-electron chi connectivity index (χ3n) is 2.70. The van der Waals surface area contributed by atoms with E-state index in [0.717, 1.165) is 0 Å². The van der Waals surface area contributed by atoms with Crippen LogP contribution in [0.5, 0.6) is 11.5 Å². The monoisotopic (exact) mass is 294 g/mol. The summed E-state index contributed by atoms with van der Waals surface area (Å²) in [6.45, 7) is 3.26. The highest BCUT2D eigenvalue weighted by atomic mass is 16.8. The van der Waals surface area contributed by atoms with Crippen LogP contribution in [0.25, 0.3) is 0 Å². The Morgan fingerprint density at radius 1 is 1.10 bits per heavy atom. The van der Waals surface area contributed by atoms with Crippen LogP contribution in [0.15, 0.2) is 18.2 Å². The fourth-order valence-electron chi connectivity index (χ4n) is 1.79. The number of ether oxygens (including phenoxy) is 4. The van der Waals surface area contributed by atoms with Gasteiger partial charge in [-0.05, 0) is 32.0 Å². The molecule has 7 nitrogen and oxygen atoms in total. The number of hydrogen-bond donors (Lipinski definition) is 0. The lowest BCUT2D eigenvalue weighted by Crippen LogP contribution is -2.55. The van der Waals surface area contributed by atoms with Gasteiger partial charge in [-0.2, -0.15) is 0 Å². The van der Waals surface area contributed by atoms with Crippen LogP contribution in [0, 0.1) is 0 Å². The third-order valence-corrected chi connectivity index (χ3v) is 2.70. The van der Waals surface area contributed by atoms with Crippen LogP contribution in [0.3, 0.4) is 0 Å². The van der Waals surface area contributed by atoms with Crippen molar-refractivity contribution in [3.05, 3.63) is 23.8 Å². The standard InChI is InChI=1S/C14H14O7/c1-3-18-12(16)14(13(17)19-4-2)20-10-6-5-9(8-15)7-11(10)21-14/h5-8H,3-4H2,1-2H3. The normalized spacial score (nSPS) is 14.4. The van der Waals surface area contributed by atoms with Crippen LogP contribution in [-0.4, -0.2) is 37.2 Å². The van der Waals surface area contributed by atoms with Crippen molar-refractivity contribution in [1.29, 1.82) is 0 Å². The van der Waals surface area contributed by atoms with Gasteiger partial charge in [0, 0.05) is 5.56 Å². The largest absolute Gasteiger partial charge is 0.460 e. The van der Waals surface area contributed by atoms with E-state index in [1.54, 1.807) is 13.8 Å². The molecule has 1 aromatic rings. The van der Waals surface area contributed by atoms with Gasteiger partial charge in [-0.3, -0.25) is 4.79 Å². The van der Waals surface area contributed by atoms with Gasteiger partial charge in [0.25, 0.3) is 0 Å². The van der Waals surface area contributed by atoms with Gasteiger partial charge in [0.2, 0.25) is 0 Å². The molecule has 21 heavy (non-hydrogen) atoms. The quantitative estimate of drug-likeness (QED) is 0.456. The van der Waals surface area contributed by atoms with Crippen LogP contribution in [0.1, 0.15) is 24.2 Å². The second-order valence-electron chi connectivity index (χ2n) is 4.09. The van der Waals surface area contributed by atoms with Gasteiger partial charge in [-0.25, -0.2) is 9.59 Å². The van der Waals surface area contributed by atoms with Gasteiger partial charge in [0.1, 0.15) is 6.29 Å². The Hall–Kier alpha value is -2.57. The van der Waals surface area contributed by atoms with E-state index in [-0.39, 0.29) is 24.7 Å². The van der Waals surface area contributed by atoms with E-state index in [2.05, 4.69) is 0 Å². The number of aldehydes is 1. The first-order valence-electron chi connectivity index (χ1n) is 6.39. The van der Waals surface area contributed by atoms with Crippen molar-refractivity contribution in [2.45, 2.75) is 19.6 Å². The lowest BCUT2D eigenvalue weighted by atomic mass is 10.2. The summed E-state index contributed by atoms with van der Waals surface area (Å²) < 4.78 is 20.3. The highest BCUT2D eigenvalue weighted by Crippen LogP contribution is 2.41. The minimum Gasteiger partial charge on any atom is -0.460 e. The molecule has 1 heterocycles. The zero-order valence-corrected chi connectivity index (χ0v) is 11.6. The molecule has 1 aliphatic rings. The van der Waals surface area contributed by atoms with Gasteiger partial charge in [-0.15, -0.1) is 0 Å². The number of rotatable bonds is 5. The maximum absolute atomic E-state index is 12.1. The predicted molar refractivity (Wildman–Crippen MR) is 69.1 cm³/mol. The minimum absolute atomic E-state index is 0.0443. The zero-order chi connectivity index (χ0) is 15.5. The molecule has 7 heteroatoms. The van der Waals surface area contributed by atoms with Crippen LogP contribution in [-0.2, 0) is 19.1 Å². The van der Waals surface area contributed by atoms with E-state index < -0.39 is 17.7 Å². The lowest BCUT2D eigenvalue weighted by molar-refractivity contribution is -0.202. The second-order valence-corrected chi connectivity index (χ2v) is 4.09. The Labute approximate surface area is 120 Å². The number of benzene rings is 1. The van der Waals surface area contributed by atoms with E-state index in [1.807, 2.05) is 0 Å². The van der Waals surface area contributed by atoms with Crippen LogP contribution in [0.4, 0.5) is 0 Å². The summed E-state index contributed by atoms with van der Waals surface area (Å²) in [6.07, 6.45) is 0.609. The highest BCUT2D eigenvalue weighted by Gasteiger charge is 2.59. The van der Waals surface area contributed by atoms with Crippen LogP contribution < -0.4 is 9.47 Å². The van der Waals surface area contributed by atoms with E-state index in [4.69, 9.17) is 18.9 Å². The van der Waals surface area contributed by atoms with Crippen molar-refractivity contribution in [2.75, 3.05) is 13.2 Å². The molecule has 0 bridgehead atoms. The molecule has 0 radical (unpaired) electrons. The molecular formula is C14H14O7. The minimum atomic E-state index is -2.32. The maximum Gasteiger partial charge on any atom is 0.453 e. The van der Waals surface area contributed by atoms with Gasteiger partial charge in [0.15, 0.2) is 11.5 Å². The van der Waals surface area contributed by atoms with Crippen LogP contribution in [0.2, 0.25) is 0 Å². The summed E-state index contributed by atoms with van der Waals surface area (Å²) in [5, 5.41) is 0. The molecule has 1 aromatic carbocycles. The van der Waals surface area contributed by atoms with Gasteiger partial charge >= 0.3 is 17.7 Å². The molecule has 0 saturated heterocycles. The predicted octanol–water partition coefficient (Wildman–Crippen LogP) is 1.09. The van der Waals surface area contributed by atoms with Crippen molar-refractivity contribution in [2.24, 2.45) is 0 Å². The Morgan fingerprint density at radius 3 is 2.19 bits per heavy atom. The number of esters is 2. The molecule has 0 N–H and O–H groups in total. The third kappa shape index (κ3) is 2.54. The van der Waals surface area contributed by atoms with Gasteiger partial charge < -0.3 is 18.9 Å². The summed E-state index contributed by atoms with van der Waals surface area (Å²) in [7, 11) is 0. The lowest BCUT2D eigenvalue weighted by Gasteiger charge is -2.22. The summed E-state index contributed by atoms with van der Waals surface area (Å²) in [6, 6.07) is 4.27. The van der Waals surface area contributed by atoms with Crippen molar-refractivity contribution in [3.8, 4) is 11.5 Å². The first-order chi connectivity index (χ1) is 10.1. The van der Waals surface area contributed by atoms with E-state index in [1.165, 1.54) is 18.2 Å². The Kier molecular flexibility index (Phi) is 4.11. The second kappa shape index (κ2) is 5.82. The molecule has 0 spiro atoms. The average molecular weight is 294 g/mol. The van der Waals surface area contributed by atoms with E-state index >= 15 is 0 Å². The van der Waals surface area contributed by atoms with Crippen molar-refractivity contribution >= 4 is 18.2 Å². The summed E-state index contributed by atoms with van der Waals surface area (Å²) >= 11 is 0. The Balaban J connectivity index is 2.38. The molecule has 1 aliphatic heterocycles. The number of carbonyl (C=O) groups is 3. The molecular weight excluding hydrogens is 280 g/mol. The van der Waals surface area contributed by atoms with Crippen molar-refractivity contribution < 1.29 is 33.3 Å². The maximum atomic E-state index is 12.1. The van der Waals surface area contributed by atoms with Gasteiger partial charge in [-0.1, -0.05) is 0 Å². The molecule has 112 valence electrons. The number of hydrogen-bond acceptors (Lipinski definition) is 7. The molecule has 0 saturated carbocycles. The summed E-state index contributed by atoms with van der Waals surface area (Å²) in [4.78, 5) is 34.9. The van der Waals surface area contributed by atoms with E-state index in [0.29, 0.717) is 11.8 Å². The van der Waals surface area contributed by atoms with E-state index in [9.17, 15) is 14.4 Å². The summed E-state index contributed by atoms with van der Waals surface area (Å²) in [5.41, 5.74) is 0.320. The molecule has 0 fully saturated rings. The first kappa shape index (κ1) is 14.8. The van der Waals surface area contributed by atoms with Crippen molar-refractivity contribution in [3.63, 3.8) is 0 Å². The Morgan fingerprint density at radius 2 is 1.67 bits per heavy atom. The van der Waals surface area contributed by atoms with Gasteiger partial charge in [0.05, 0.1) is 13.2 Å². The molecule has 0 atom stereocenters. The zero-order valence-electron chi connectivity index (χ0n) is 11.6. The Bertz CT molecular complexity index is 561. The first-order valence-corrected chi connectivity index (χ1v) is 6.39. The molecule has 0 unspecified atom stereocenters. The highest BCUT2D eigenvalue weighted by molar-refractivity contribution is 6.03. The van der Waals surface area contributed by atoms with Crippen LogP contribution >= 0.6 is 0 Å². The smallest absolute Gasteiger partial charge is 0.453 e. The average Bonchev–Trinajstić information content (AvgIpc) is 2.87. The topological polar surface area (TPSA) is 88.1 Å². The molecule has 2 rings (SSSR count). The fraction of sp³-hybridized carbons (Fsp3) is 0.357. The molecule has 0 aromatic heterocycles. The summed E-state index contributed by atoms with van der Waals surface area (Å²) in [5.74, 6) is -4.09. The number of carbonyl (C=O) groups excluding carboxylic acids is 3. The van der Waals surface area contributed by atoms with Crippen molar-refractivity contribution in [1.82, 2.24) is 0 Å². The fourth-order valence-corrected chi connectivity index (χ4v) is 1.79. The number of fused-ring (bicyclic) bond motifs is 1. The molecule has 0 aliphatic carbocycles.